The second-order valence-corrected chi connectivity index (χ2v) is 8.14. The zero-order valence-corrected chi connectivity index (χ0v) is 19.5. The molecule has 1 aromatic carbocycles. The molecule has 0 amide bonds. The first-order valence-electron chi connectivity index (χ1n) is 8.01. The third kappa shape index (κ3) is 10.2. The molecule has 0 unspecified atom stereocenters. The number of sulfonamides is 1. The minimum Gasteiger partial charge on any atom is -0.497 e. The third-order valence-corrected chi connectivity index (χ3v) is 4.24. The van der Waals surface area contributed by atoms with Crippen molar-refractivity contribution < 1.29 is 26.7 Å². The summed E-state index contributed by atoms with van der Waals surface area (Å²) in [5.41, 5.74) is -0.309. The van der Waals surface area contributed by atoms with Gasteiger partial charge in [-0.05, 0) is 32.0 Å². The standard InChI is InChI=1S/C16H26F2N4O4S.HI/c1-16(2,22-27(5,23)24)10-21-15(19-3)20-9-11-8-12(25-4)6-7-13(11)26-14(17)18;/h6-8,14,22H,9-10H2,1-5H3,(H2,19,20,21);1H. The number of guanidine groups is 1. The molecule has 1 aromatic rings. The van der Waals surface area contributed by atoms with E-state index in [1.165, 1.54) is 26.3 Å². The molecule has 12 heteroatoms. The second kappa shape index (κ2) is 11.6. The van der Waals surface area contributed by atoms with Crippen molar-refractivity contribution in [1.29, 1.82) is 0 Å². The van der Waals surface area contributed by atoms with Gasteiger partial charge in [0.2, 0.25) is 10.0 Å². The highest BCUT2D eigenvalue weighted by Gasteiger charge is 2.22. The van der Waals surface area contributed by atoms with Crippen LogP contribution in [-0.2, 0) is 16.6 Å². The van der Waals surface area contributed by atoms with Gasteiger partial charge < -0.3 is 20.1 Å². The van der Waals surface area contributed by atoms with E-state index in [1.54, 1.807) is 19.9 Å². The lowest BCUT2D eigenvalue weighted by atomic mass is 10.1. The van der Waals surface area contributed by atoms with E-state index in [4.69, 9.17) is 4.74 Å². The van der Waals surface area contributed by atoms with Gasteiger partial charge in [-0.25, -0.2) is 13.1 Å². The van der Waals surface area contributed by atoms with Gasteiger partial charge in [0.05, 0.1) is 13.4 Å². The van der Waals surface area contributed by atoms with Crippen LogP contribution >= 0.6 is 24.0 Å². The van der Waals surface area contributed by atoms with Crippen molar-refractivity contribution in [3.05, 3.63) is 23.8 Å². The molecule has 28 heavy (non-hydrogen) atoms. The number of nitrogens with zero attached hydrogens (tertiary/aromatic N) is 1. The van der Waals surface area contributed by atoms with E-state index in [1.807, 2.05) is 0 Å². The van der Waals surface area contributed by atoms with Gasteiger partial charge in [-0.2, -0.15) is 8.78 Å². The Labute approximate surface area is 181 Å². The fraction of sp³-hybridized carbons (Fsp3) is 0.562. The van der Waals surface area contributed by atoms with E-state index in [2.05, 4.69) is 25.1 Å². The predicted octanol–water partition coefficient (Wildman–Crippen LogP) is 1.91. The van der Waals surface area contributed by atoms with Gasteiger partial charge in [0.25, 0.3) is 0 Å². The Morgan fingerprint density at radius 3 is 2.43 bits per heavy atom. The fourth-order valence-electron chi connectivity index (χ4n) is 2.27. The molecule has 162 valence electrons. The SMILES string of the molecule is CN=C(NCc1cc(OC)ccc1OC(F)F)NCC(C)(C)NS(C)(=O)=O.I. The van der Waals surface area contributed by atoms with Crippen molar-refractivity contribution in [2.75, 3.05) is 27.0 Å². The van der Waals surface area contributed by atoms with Gasteiger partial charge in [0.15, 0.2) is 5.96 Å². The van der Waals surface area contributed by atoms with E-state index in [9.17, 15) is 17.2 Å². The quantitative estimate of drug-likeness (QED) is 0.253. The first kappa shape index (κ1) is 26.6. The largest absolute Gasteiger partial charge is 0.497 e. The molecule has 0 bridgehead atoms. The zero-order chi connectivity index (χ0) is 20.7. The number of benzene rings is 1. The van der Waals surface area contributed by atoms with E-state index in [0.29, 0.717) is 17.3 Å². The summed E-state index contributed by atoms with van der Waals surface area (Å²) in [5, 5.41) is 5.95. The number of halogens is 3. The van der Waals surface area contributed by atoms with Gasteiger partial charge >= 0.3 is 6.61 Å². The highest BCUT2D eigenvalue weighted by molar-refractivity contribution is 14.0. The molecule has 0 spiro atoms. The molecule has 0 radical (unpaired) electrons. The van der Waals surface area contributed by atoms with Crippen LogP contribution in [0.15, 0.2) is 23.2 Å². The van der Waals surface area contributed by atoms with Crippen molar-refractivity contribution in [2.24, 2.45) is 4.99 Å². The van der Waals surface area contributed by atoms with Crippen LogP contribution in [0.3, 0.4) is 0 Å². The number of nitrogens with one attached hydrogen (secondary N) is 3. The third-order valence-electron chi connectivity index (χ3n) is 3.31. The van der Waals surface area contributed by atoms with Crippen molar-refractivity contribution in [1.82, 2.24) is 15.4 Å². The maximum atomic E-state index is 12.6. The second-order valence-electron chi connectivity index (χ2n) is 6.39. The molecule has 0 saturated heterocycles. The minimum absolute atomic E-state index is 0. The molecule has 0 aliphatic heterocycles. The highest BCUT2D eigenvalue weighted by Crippen LogP contribution is 2.25. The normalized spacial score (nSPS) is 12.4. The summed E-state index contributed by atoms with van der Waals surface area (Å²) in [7, 11) is -0.362. The summed E-state index contributed by atoms with van der Waals surface area (Å²) in [6.45, 7) is 0.866. The fourth-order valence-corrected chi connectivity index (χ4v) is 3.35. The van der Waals surface area contributed by atoms with E-state index < -0.39 is 22.2 Å². The van der Waals surface area contributed by atoms with Gasteiger partial charge in [-0.1, -0.05) is 0 Å². The van der Waals surface area contributed by atoms with Crippen molar-refractivity contribution in [3.63, 3.8) is 0 Å². The van der Waals surface area contributed by atoms with E-state index in [-0.39, 0.29) is 42.8 Å². The molecule has 1 rings (SSSR count). The van der Waals surface area contributed by atoms with Crippen LogP contribution in [0.1, 0.15) is 19.4 Å². The molecule has 8 nitrogen and oxygen atoms in total. The topological polar surface area (TPSA) is 101 Å². The van der Waals surface area contributed by atoms with Crippen molar-refractivity contribution >= 4 is 40.0 Å². The van der Waals surface area contributed by atoms with Gasteiger partial charge in [0, 0.05) is 31.2 Å². The monoisotopic (exact) mass is 536 g/mol. The lowest BCUT2D eigenvalue weighted by Crippen LogP contribution is -2.52. The molecule has 0 fully saturated rings. The van der Waals surface area contributed by atoms with Crippen LogP contribution in [0.2, 0.25) is 0 Å². The lowest BCUT2D eigenvalue weighted by Gasteiger charge is -2.26. The number of hydrogen-bond acceptors (Lipinski definition) is 5. The number of aliphatic imine (C=N–C) groups is 1. The summed E-state index contributed by atoms with van der Waals surface area (Å²) in [4.78, 5) is 4.03. The van der Waals surface area contributed by atoms with Crippen LogP contribution in [0.5, 0.6) is 11.5 Å². The number of hydrogen-bond donors (Lipinski definition) is 3. The molecular weight excluding hydrogens is 509 g/mol. The highest BCUT2D eigenvalue weighted by atomic mass is 127. The molecule has 0 atom stereocenters. The average molecular weight is 536 g/mol. The Bertz CT molecular complexity index is 761. The number of methoxy groups -OCH3 is 1. The van der Waals surface area contributed by atoms with Crippen LogP contribution in [-0.4, -0.2) is 53.5 Å². The summed E-state index contributed by atoms with van der Waals surface area (Å²) in [6.07, 6.45) is 1.08. The molecule has 3 N–H and O–H groups in total. The first-order valence-corrected chi connectivity index (χ1v) is 9.90. The number of ether oxygens (including phenoxy) is 2. The first-order chi connectivity index (χ1) is 12.5. The Kier molecular flexibility index (Phi) is 11.0. The summed E-state index contributed by atoms with van der Waals surface area (Å²) < 4.78 is 60.0. The van der Waals surface area contributed by atoms with Crippen LogP contribution < -0.4 is 24.8 Å². The van der Waals surface area contributed by atoms with Gasteiger partial charge in [0.1, 0.15) is 11.5 Å². The summed E-state index contributed by atoms with van der Waals surface area (Å²) in [5.74, 6) is 0.881. The number of rotatable bonds is 9. The van der Waals surface area contributed by atoms with E-state index >= 15 is 0 Å². The van der Waals surface area contributed by atoms with Gasteiger partial charge in [-0.3, -0.25) is 4.99 Å². The summed E-state index contributed by atoms with van der Waals surface area (Å²) >= 11 is 0. The Morgan fingerprint density at radius 2 is 1.93 bits per heavy atom. The molecule has 0 heterocycles. The molecule has 0 aliphatic rings. The lowest BCUT2D eigenvalue weighted by molar-refractivity contribution is -0.0505. The minimum atomic E-state index is -3.37. The van der Waals surface area contributed by atoms with Crippen molar-refractivity contribution in [2.45, 2.75) is 32.5 Å². The van der Waals surface area contributed by atoms with Crippen LogP contribution in [0, 0.1) is 0 Å². The Hall–Kier alpha value is -1.41. The Morgan fingerprint density at radius 1 is 1.29 bits per heavy atom. The van der Waals surface area contributed by atoms with Crippen LogP contribution in [0.25, 0.3) is 0 Å². The van der Waals surface area contributed by atoms with Crippen LogP contribution in [0.4, 0.5) is 8.78 Å². The summed E-state index contributed by atoms with van der Waals surface area (Å²) in [6, 6.07) is 4.50. The molecule has 0 aliphatic carbocycles. The zero-order valence-electron chi connectivity index (χ0n) is 16.4. The molecule has 0 aromatic heterocycles. The predicted molar refractivity (Wildman–Crippen MR) is 115 cm³/mol. The molecular formula is C16H27F2IN4O4S. The maximum absolute atomic E-state index is 12.6. The molecule has 0 saturated carbocycles. The Balaban J connectivity index is 0.00000729. The van der Waals surface area contributed by atoms with E-state index in [0.717, 1.165) is 6.26 Å². The average Bonchev–Trinajstić information content (AvgIpc) is 2.53. The smallest absolute Gasteiger partial charge is 0.387 e. The maximum Gasteiger partial charge on any atom is 0.387 e. The van der Waals surface area contributed by atoms with Gasteiger partial charge in [-0.15, -0.1) is 24.0 Å². The number of alkyl halides is 2. The van der Waals surface area contributed by atoms with Crippen molar-refractivity contribution in [3.8, 4) is 11.5 Å².